The van der Waals surface area contributed by atoms with Gasteiger partial charge in [0, 0.05) is 16.5 Å². The predicted octanol–water partition coefficient (Wildman–Crippen LogP) is 5.69. The van der Waals surface area contributed by atoms with Crippen molar-refractivity contribution in [2.45, 2.75) is 11.2 Å². The molecule has 0 spiro atoms. The zero-order valence-corrected chi connectivity index (χ0v) is 14.8. The molecule has 5 heteroatoms. The monoisotopic (exact) mass is 450 g/mol. The van der Waals surface area contributed by atoms with Gasteiger partial charge < -0.3 is 4.74 Å². The summed E-state index contributed by atoms with van der Waals surface area (Å²) in [4.78, 5) is 0.171. The highest BCUT2D eigenvalue weighted by atomic mass is 79.9. The van der Waals surface area contributed by atoms with Crippen molar-refractivity contribution in [2.24, 2.45) is 0 Å². The Morgan fingerprint density at radius 1 is 1.22 bits per heavy atom. The fourth-order valence-electron chi connectivity index (χ4n) is 2.12. The molecule has 0 fully saturated rings. The largest absolute Gasteiger partial charge is 0.493 e. The molecule has 1 aromatic carbocycles. The average Bonchev–Trinajstić information content (AvgIpc) is 2.95. The number of thiophene rings is 1. The van der Waals surface area contributed by atoms with Crippen LogP contribution in [0.4, 0.5) is 0 Å². The lowest BCUT2D eigenvalue weighted by atomic mass is 10.0. The summed E-state index contributed by atoms with van der Waals surface area (Å²) in [5.74, 6) is 1.04. The number of benzene rings is 1. The highest BCUT2D eigenvalue weighted by Crippen LogP contribution is 2.43. The Balaban J connectivity index is 2.06. The zero-order valence-electron chi connectivity index (χ0n) is 9.25. The zero-order chi connectivity index (χ0) is 12.7. The lowest BCUT2D eigenvalue weighted by Crippen LogP contribution is -1.96. The van der Waals surface area contributed by atoms with Crippen LogP contribution in [-0.4, -0.2) is 6.61 Å². The van der Waals surface area contributed by atoms with E-state index in [1.807, 2.05) is 0 Å². The number of ether oxygens (including phenoxy) is 1. The molecule has 0 amide bonds. The van der Waals surface area contributed by atoms with Crippen LogP contribution in [0.5, 0.6) is 5.75 Å². The molecule has 0 saturated carbocycles. The maximum absolute atomic E-state index is 5.77. The second-order valence-electron chi connectivity index (χ2n) is 4.13. The van der Waals surface area contributed by atoms with Gasteiger partial charge in [-0.3, -0.25) is 0 Å². The third-order valence-electron chi connectivity index (χ3n) is 2.93. The van der Waals surface area contributed by atoms with Crippen LogP contribution >= 0.6 is 59.1 Å². The standard InChI is InChI=1S/C13H9Br3OS/c14-9-3-7-1-2-17-13(7)10(5-9)12(16)8-4-11(15)18-6-8/h3-6,12H,1-2H2. The minimum Gasteiger partial charge on any atom is -0.493 e. The minimum atomic E-state index is 0.171. The van der Waals surface area contributed by atoms with Crippen molar-refractivity contribution >= 4 is 59.1 Å². The number of fused-ring (bicyclic) bond motifs is 1. The maximum atomic E-state index is 5.77. The van der Waals surface area contributed by atoms with Gasteiger partial charge in [-0.25, -0.2) is 0 Å². The highest BCUT2D eigenvalue weighted by Gasteiger charge is 2.23. The summed E-state index contributed by atoms with van der Waals surface area (Å²) in [6, 6.07) is 6.43. The first-order valence-corrected chi connectivity index (χ1v) is 8.86. The molecular weight excluding hydrogens is 444 g/mol. The summed E-state index contributed by atoms with van der Waals surface area (Å²) >= 11 is 12.6. The van der Waals surface area contributed by atoms with Gasteiger partial charge in [0.15, 0.2) is 0 Å². The molecule has 1 aliphatic heterocycles. The Morgan fingerprint density at radius 2 is 2.06 bits per heavy atom. The lowest BCUT2D eigenvalue weighted by Gasteiger charge is -2.14. The van der Waals surface area contributed by atoms with E-state index in [4.69, 9.17) is 4.74 Å². The van der Waals surface area contributed by atoms with Crippen molar-refractivity contribution in [3.63, 3.8) is 0 Å². The topological polar surface area (TPSA) is 9.23 Å². The minimum absolute atomic E-state index is 0.171. The summed E-state index contributed by atoms with van der Waals surface area (Å²) in [6.45, 7) is 0.784. The van der Waals surface area contributed by atoms with Crippen LogP contribution in [0, 0.1) is 0 Å². The first-order chi connectivity index (χ1) is 8.65. The van der Waals surface area contributed by atoms with Crippen molar-refractivity contribution in [1.82, 2.24) is 0 Å². The Morgan fingerprint density at radius 3 is 2.78 bits per heavy atom. The molecule has 0 saturated heterocycles. The number of halogens is 3. The van der Waals surface area contributed by atoms with E-state index in [2.05, 4.69) is 71.4 Å². The molecule has 1 unspecified atom stereocenters. The third-order valence-corrected chi connectivity index (χ3v) is 5.93. The average molecular weight is 453 g/mol. The number of hydrogen-bond donors (Lipinski definition) is 0. The molecule has 2 heterocycles. The molecule has 2 aromatic rings. The van der Waals surface area contributed by atoms with Crippen molar-refractivity contribution in [1.29, 1.82) is 0 Å². The molecule has 0 N–H and O–H groups in total. The Bertz CT molecular complexity index is 594. The SMILES string of the molecule is Brc1cc2c(c(C(Br)c3csc(Br)c3)c1)OCC2. The van der Waals surface area contributed by atoms with E-state index in [-0.39, 0.29) is 4.83 Å². The van der Waals surface area contributed by atoms with Gasteiger partial charge >= 0.3 is 0 Å². The summed E-state index contributed by atoms with van der Waals surface area (Å²) in [5, 5.41) is 2.16. The van der Waals surface area contributed by atoms with Crippen LogP contribution in [0.2, 0.25) is 0 Å². The molecule has 0 bridgehead atoms. The van der Waals surface area contributed by atoms with E-state index in [0.717, 1.165) is 27.0 Å². The molecule has 0 aliphatic carbocycles. The van der Waals surface area contributed by atoms with Crippen LogP contribution in [0.25, 0.3) is 0 Å². The van der Waals surface area contributed by atoms with Crippen molar-refractivity contribution in [2.75, 3.05) is 6.61 Å². The quantitative estimate of drug-likeness (QED) is 0.532. The third kappa shape index (κ3) is 2.42. The van der Waals surface area contributed by atoms with E-state index in [1.165, 1.54) is 16.7 Å². The second kappa shape index (κ2) is 5.27. The van der Waals surface area contributed by atoms with Crippen molar-refractivity contribution in [3.05, 3.63) is 48.5 Å². The predicted molar refractivity (Wildman–Crippen MR) is 86.1 cm³/mol. The summed E-state index contributed by atoms with van der Waals surface area (Å²) in [6.07, 6.45) is 0.995. The fourth-order valence-corrected chi connectivity index (χ4v) is 4.63. The van der Waals surface area contributed by atoms with Crippen LogP contribution < -0.4 is 4.74 Å². The van der Waals surface area contributed by atoms with Crippen LogP contribution in [0.3, 0.4) is 0 Å². The van der Waals surface area contributed by atoms with E-state index in [0.29, 0.717) is 0 Å². The van der Waals surface area contributed by atoms with Gasteiger partial charge in [0.2, 0.25) is 0 Å². The van der Waals surface area contributed by atoms with Crippen LogP contribution in [0.1, 0.15) is 21.5 Å². The van der Waals surface area contributed by atoms with Crippen LogP contribution in [-0.2, 0) is 6.42 Å². The van der Waals surface area contributed by atoms with Gasteiger partial charge in [-0.1, -0.05) is 31.9 Å². The van der Waals surface area contributed by atoms with Gasteiger partial charge in [-0.15, -0.1) is 11.3 Å². The molecule has 0 radical (unpaired) electrons. The summed E-state index contributed by atoms with van der Waals surface area (Å²) < 4.78 is 8.03. The summed E-state index contributed by atoms with van der Waals surface area (Å²) in [5.41, 5.74) is 3.74. The van der Waals surface area contributed by atoms with Crippen molar-refractivity contribution < 1.29 is 4.74 Å². The molecule has 1 aliphatic rings. The molecule has 1 aromatic heterocycles. The maximum Gasteiger partial charge on any atom is 0.127 e. The molecule has 1 nitrogen and oxygen atoms in total. The first kappa shape index (κ1) is 13.2. The Kier molecular flexibility index (Phi) is 3.85. The van der Waals surface area contributed by atoms with Crippen LogP contribution in [0.15, 0.2) is 31.8 Å². The highest BCUT2D eigenvalue weighted by molar-refractivity contribution is 9.11. The van der Waals surface area contributed by atoms with Gasteiger partial charge in [0.1, 0.15) is 5.75 Å². The molecular formula is C13H9Br3OS. The first-order valence-electron chi connectivity index (χ1n) is 5.48. The molecule has 3 rings (SSSR count). The number of hydrogen-bond acceptors (Lipinski definition) is 2. The lowest BCUT2D eigenvalue weighted by molar-refractivity contribution is 0.354. The van der Waals surface area contributed by atoms with Gasteiger partial charge in [-0.05, 0) is 50.6 Å². The normalized spacial score (nSPS) is 15.3. The van der Waals surface area contributed by atoms with E-state index >= 15 is 0 Å². The number of alkyl halides is 1. The smallest absolute Gasteiger partial charge is 0.127 e. The van der Waals surface area contributed by atoms with Gasteiger partial charge in [0.25, 0.3) is 0 Å². The summed E-state index contributed by atoms with van der Waals surface area (Å²) in [7, 11) is 0. The molecule has 94 valence electrons. The fraction of sp³-hybridized carbons (Fsp3) is 0.231. The number of rotatable bonds is 2. The van der Waals surface area contributed by atoms with E-state index in [1.54, 1.807) is 11.3 Å². The van der Waals surface area contributed by atoms with E-state index < -0.39 is 0 Å². The van der Waals surface area contributed by atoms with Gasteiger partial charge in [-0.2, -0.15) is 0 Å². The second-order valence-corrected chi connectivity index (χ2v) is 8.25. The molecule has 1 atom stereocenters. The Hall–Kier alpha value is 0.160. The van der Waals surface area contributed by atoms with Gasteiger partial charge in [0.05, 0.1) is 15.2 Å². The Labute approximate surface area is 135 Å². The van der Waals surface area contributed by atoms with E-state index in [9.17, 15) is 0 Å². The molecule has 18 heavy (non-hydrogen) atoms. The van der Waals surface area contributed by atoms with Crippen molar-refractivity contribution in [3.8, 4) is 5.75 Å².